The second-order valence-electron chi connectivity index (χ2n) is 6.85. The van der Waals surface area contributed by atoms with Gasteiger partial charge < -0.3 is 5.73 Å². The summed E-state index contributed by atoms with van der Waals surface area (Å²) in [6, 6.07) is 13.6. The Morgan fingerprint density at radius 2 is 1.90 bits per heavy atom. The molecule has 0 fully saturated rings. The van der Waals surface area contributed by atoms with Gasteiger partial charge in [0.25, 0.3) is 0 Å². The first kappa shape index (κ1) is 19.1. The van der Waals surface area contributed by atoms with Gasteiger partial charge in [-0.2, -0.15) is 5.10 Å². The van der Waals surface area contributed by atoms with Crippen LogP contribution in [0.2, 0.25) is 5.02 Å². The maximum absolute atomic E-state index is 6.52. The molecule has 2 aromatic carbocycles. The van der Waals surface area contributed by atoms with E-state index < -0.39 is 0 Å². The van der Waals surface area contributed by atoms with Crippen LogP contribution >= 0.6 is 34.2 Å². The van der Waals surface area contributed by atoms with Crippen LogP contribution in [0.4, 0.5) is 5.82 Å². The molecule has 0 amide bonds. The second kappa shape index (κ2) is 7.44. The highest BCUT2D eigenvalue weighted by atomic mass is 127. The number of anilines is 1. The largest absolute Gasteiger partial charge is 0.383 e. The van der Waals surface area contributed by atoms with E-state index >= 15 is 0 Å². The van der Waals surface area contributed by atoms with Crippen molar-refractivity contribution in [2.24, 2.45) is 0 Å². The van der Waals surface area contributed by atoms with E-state index in [2.05, 4.69) is 37.7 Å². The maximum atomic E-state index is 6.52. The van der Waals surface area contributed by atoms with Gasteiger partial charge in [-0.05, 0) is 47.2 Å². The van der Waals surface area contributed by atoms with Crippen molar-refractivity contribution in [1.29, 1.82) is 0 Å². The Bertz CT molecular complexity index is 1430. The van der Waals surface area contributed by atoms with E-state index in [9.17, 15) is 0 Å². The standard InChI is InChI=1S/C21H15ClIN7/c1-11-5-4-8-14-17(11)28-18(12-6-2-3-7-13(12)22)15(27-14)9-30-21-16(19(23)29-30)20(24)25-10-26-21/h2-8,10H,9H2,1H3,(H2,24,25,26). The van der Waals surface area contributed by atoms with Gasteiger partial charge in [0.15, 0.2) is 5.65 Å². The van der Waals surface area contributed by atoms with Gasteiger partial charge in [0.1, 0.15) is 15.8 Å². The number of fused-ring (bicyclic) bond motifs is 2. The lowest BCUT2D eigenvalue weighted by Crippen LogP contribution is -2.09. The minimum atomic E-state index is 0.368. The molecule has 0 saturated heterocycles. The number of aromatic nitrogens is 6. The first-order valence-corrected chi connectivity index (χ1v) is 10.6. The number of hydrogen-bond donors (Lipinski definition) is 1. The molecular formula is C21H15ClIN7. The number of benzene rings is 2. The van der Waals surface area contributed by atoms with Crippen LogP contribution in [0.15, 0.2) is 48.8 Å². The van der Waals surface area contributed by atoms with Crippen molar-refractivity contribution >= 4 is 62.1 Å². The zero-order chi connectivity index (χ0) is 20.8. The zero-order valence-electron chi connectivity index (χ0n) is 15.8. The van der Waals surface area contributed by atoms with Crippen LogP contribution in [0, 0.1) is 10.6 Å². The van der Waals surface area contributed by atoms with Gasteiger partial charge >= 0.3 is 0 Å². The molecule has 0 unspecified atom stereocenters. The van der Waals surface area contributed by atoms with Crippen molar-refractivity contribution in [2.75, 3.05) is 5.73 Å². The third-order valence-electron chi connectivity index (χ3n) is 4.91. The Morgan fingerprint density at radius 1 is 1.07 bits per heavy atom. The van der Waals surface area contributed by atoms with Crippen molar-refractivity contribution in [2.45, 2.75) is 13.5 Å². The Kier molecular flexibility index (Phi) is 4.75. The summed E-state index contributed by atoms with van der Waals surface area (Å²) < 4.78 is 2.52. The van der Waals surface area contributed by atoms with E-state index in [0.29, 0.717) is 23.0 Å². The van der Waals surface area contributed by atoms with E-state index in [1.54, 1.807) is 4.68 Å². The fraction of sp³-hybridized carbons (Fsp3) is 0.0952. The third kappa shape index (κ3) is 3.16. The zero-order valence-corrected chi connectivity index (χ0v) is 18.8. The van der Waals surface area contributed by atoms with Gasteiger partial charge in [-0.1, -0.05) is 41.9 Å². The molecule has 148 valence electrons. The summed E-state index contributed by atoms with van der Waals surface area (Å²) in [6.45, 7) is 2.39. The minimum Gasteiger partial charge on any atom is -0.383 e. The number of rotatable bonds is 3. The Hall–Kier alpha value is -2.85. The molecule has 0 bridgehead atoms. The molecule has 0 atom stereocenters. The lowest BCUT2D eigenvalue weighted by atomic mass is 10.1. The quantitative estimate of drug-likeness (QED) is 0.344. The summed E-state index contributed by atoms with van der Waals surface area (Å²) >= 11 is 8.66. The molecule has 5 rings (SSSR count). The SMILES string of the molecule is Cc1cccc2nc(Cn3nc(I)c4c(N)ncnc43)c(-c3ccccc3Cl)nc12. The predicted molar refractivity (Wildman–Crippen MR) is 126 cm³/mol. The van der Waals surface area contributed by atoms with Gasteiger partial charge in [0, 0.05) is 5.56 Å². The van der Waals surface area contributed by atoms with E-state index in [-0.39, 0.29) is 0 Å². The summed E-state index contributed by atoms with van der Waals surface area (Å²) in [6.07, 6.45) is 1.44. The van der Waals surface area contributed by atoms with Gasteiger partial charge in [-0.25, -0.2) is 24.6 Å². The normalized spacial score (nSPS) is 11.4. The number of nitrogen functional groups attached to an aromatic ring is 1. The van der Waals surface area contributed by atoms with Crippen LogP contribution in [0.5, 0.6) is 0 Å². The molecule has 3 aromatic heterocycles. The average molecular weight is 528 g/mol. The molecule has 3 heterocycles. The summed E-state index contributed by atoms with van der Waals surface area (Å²) in [5, 5.41) is 5.98. The monoisotopic (exact) mass is 527 g/mol. The average Bonchev–Trinajstić information content (AvgIpc) is 3.05. The maximum Gasteiger partial charge on any atom is 0.164 e. The summed E-state index contributed by atoms with van der Waals surface area (Å²) in [5.74, 6) is 0.405. The number of nitrogens with zero attached hydrogens (tertiary/aromatic N) is 6. The Balaban J connectivity index is 1.76. The van der Waals surface area contributed by atoms with E-state index in [4.69, 9.17) is 27.3 Å². The summed E-state index contributed by atoms with van der Waals surface area (Å²) in [7, 11) is 0. The fourth-order valence-corrected chi connectivity index (χ4v) is 4.47. The molecule has 7 nitrogen and oxygen atoms in total. The van der Waals surface area contributed by atoms with E-state index in [0.717, 1.165) is 42.6 Å². The van der Waals surface area contributed by atoms with E-state index in [1.165, 1.54) is 6.33 Å². The Morgan fingerprint density at radius 3 is 2.73 bits per heavy atom. The van der Waals surface area contributed by atoms with Gasteiger partial charge in [0.2, 0.25) is 0 Å². The number of halogens is 2. The van der Waals surface area contributed by atoms with Crippen molar-refractivity contribution in [3.8, 4) is 11.3 Å². The van der Waals surface area contributed by atoms with Crippen molar-refractivity contribution in [1.82, 2.24) is 29.7 Å². The highest BCUT2D eigenvalue weighted by Gasteiger charge is 2.19. The summed E-state index contributed by atoms with van der Waals surface area (Å²) in [5.41, 5.74) is 11.7. The predicted octanol–water partition coefficient (Wildman–Crippen LogP) is 4.63. The van der Waals surface area contributed by atoms with Crippen LogP contribution < -0.4 is 5.73 Å². The van der Waals surface area contributed by atoms with Crippen LogP contribution in [0.25, 0.3) is 33.3 Å². The number of para-hydroxylation sites is 1. The first-order chi connectivity index (χ1) is 14.5. The van der Waals surface area contributed by atoms with Crippen molar-refractivity contribution in [3.05, 3.63) is 68.8 Å². The van der Waals surface area contributed by atoms with Crippen LogP contribution in [0.1, 0.15) is 11.3 Å². The molecule has 0 spiro atoms. The van der Waals surface area contributed by atoms with Crippen LogP contribution in [-0.2, 0) is 6.54 Å². The molecule has 0 radical (unpaired) electrons. The number of hydrogen-bond acceptors (Lipinski definition) is 6. The smallest absolute Gasteiger partial charge is 0.164 e. The lowest BCUT2D eigenvalue weighted by molar-refractivity contribution is 0.684. The van der Waals surface area contributed by atoms with Crippen molar-refractivity contribution < 1.29 is 0 Å². The topological polar surface area (TPSA) is 95.4 Å². The highest BCUT2D eigenvalue weighted by molar-refractivity contribution is 14.1. The van der Waals surface area contributed by atoms with Gasteiger partial charge in [-0.3, -0.25) is 0 Å². The second-order valence-corrected chi connectivity index (χ2v) is 8.28. The third-order valence-corrected chi connectivity index (χ3v) is 6.00. The number of aryl methyl sites for hydroxylation is 1. The molecular weight excluding hydrogens is 513 g/mol. The fourth-order valence-electron chi connectivity index (χ4n) is 3.47. The molecule has 0 saturated carbocycles. The van der Waals surface area contributed by atoms with Gasteiger partial charge in [-0.15, -0.1) is 0 Å². The molecule has 2 N–H and O–H groups in total. The lowest BCUT2D eigenvalue weighted by Gasteiger charge is -2.13. The Labute approximate surface area is 190 Å². The molecule has 0 aliphatic rings. The van der Waals surface area contributed by atoms with Gasteiger partial charge in [0.05, 0.1) is 39.4 Å². The molecule has 0 aliphatic carbocycles. The summed E-state index contributed by atoms with van der Waals surface area (Å²) in [4.78, 5) is 18.4. The molecule has 30 heavy (non-hydrogen) atoms. The van der Waals surface area contributed by atoms with Crippen LogP contribution in [0.3, 0.4) is 0 Å². The first-order valence-electron chi connectivity index (χ1n) is 9.16. The minimum absolute atomic E-state index is 0.368. The molecule has 0 aliphatic heterocycles. The molecule has 5 aromatic rings. The van der Waals surface area contributed by atoms with Crippen LogP contribution in [-0.4, -0.2) is 29.7 Å². The highest BCUT2D eigenvalue weighted by Crippen LogP contribution is 2.31. The molecule has 9 heteroatoms. The number of nitrogens with two attached hydrogens (primary N) is 1. The van der Waals surface area contributed by atoms with E-state index in [1.807, 2.05) is 49.4 Å². The van der Waals surface area contributed by atoms with Crippen molar-refractivity contribution in [3.63, 3.8) is 0 Å².